The van der Waals surface area contributed by atoms with Gasteiger partial charge in [0.05, 0.1) is 0 Å². The van der Waals surface area contributed by atoms with Crippen LogP contribution in [0.2, 0.25) is 0 Å². The Morgan fingerprint density at radius 1 is 0.241 bits per heavy atom. The third-order valence-electron chi connectivity index (χ3n) is 13.4. The molecule has 0 aromatic rings. The Bertz CT molecular complexity index is 1940. The number of carbonyl (C=O) groups excluding carboxylic acids is 3. The zero-order valence-electron chi connectivity index (χ0n) is 53.1. The number of hydrogen-bond donors (Lipinski definition) is 0. The minimum Gasteiger partial charge on any atom is -0.462 e. The molecule has 0 aromatic carbocycles. The lowest BCUT2D eigenvalue weighted by Crippen LogP contribution is -2.30. The molecule has 6 nitrogen and oxygen atoms in total. The average Bonchev–Trinajstić information content (AvgIpc) is 3.49. The molecule has 0 fully saturated rings. The van der Waals surface area contributed by atoms with E-state index < -0.39 is 6.10 Å². The van der Waals surface area contributed by atoms with Crippen LogP contribution in [0.3, 0.4) is 0 Å². The minimum atomic E-state index is -0.814. The maximum Gasteiger partial charge on any atom is 0.306 e. The second kappa shape index (κ2) is 69.0. The van der Waals surface area contributed by atoms with Crippen LogP contribution in [-0.2, 0) is 28.6 Å². The molecule has 0 saturated heterocycles. The summed E-state index contributed by atoms with van der Waals surface area (Å²) in [5.41, 5.74) is 0. The predicted octanol–water partition coefficient (Wildman–Crippen LogP) is 23.2. The van der Waals surface area contributed by atoms with E-state index in [4.69, 9.17) is 14.2 Å². The Kier molecular flexibility index (Phi) is 64.4. The fourth-order valence-corrected chi connectivity index (χ4v) is 8.52. The Labute approximate surface area is 510 Å². The average molecular weight is 1140 g/mol. The summed E-state index contributed by atoms with van der Waals surface area (Å²) in [7, 11) is 0. The molecule has 464 valence electrons. The van der Waals surface area contributed by atoms with Gasteiger partial charge in [-0.3, -0.25) is 14.4 Å². The number of allylic oxidation sites excluding steroid dienone is 30. The maximum absolute atomic E-state index is 12.9. The van der Waals surface area contributed by atoms with Gasteiger partial charge >= 0.3 is 17.9 Å². The Morgan fingerprint density at radius 3 is 0.675 bits per heavy atom. The SMILES string of the molecule is CC/C=C\C/C=C\C/C=C\C/C=C\C/C=C\C/C=C\C/C=C\C/C=C\CCCCCCCCC(=O)OCC(COC(=O)CCCCCCCCC/C=C\C/C=C\C/C=C\CC)OC(=O)CCCCCC/C=C\C/C=C\C/C=C\C/C=C\CC. The molecular weight excluding hydrogens is 1020 g/mol. The number of unbranched alkanes of at least 4 members (excludes halogenated alkanes) is 17. The summed E-state index contributed by atoms with van der Waals surface area (Å²) in [6.07, 6.45) is 103. The van der Waals surface area contributed by atoms with Crippen molar-refractivity contribution in [2.24, 2.45) is 0 Å². The molecule has 0 aliphatic rings. The largest absolute Gasteiger partial charge is 0.462 e. The summed E-state index contributed by atoms with van der Waals surface area (Å²) < 4.78 is 16.9. The summed E-state index contributed by atoms with van der Waals surface area (Å²) in [4.78, 5) is 38.4. The van der Waals surface area contributed by atoms with E-state index in [0.717, 1.165) is 186 Å². The van der Waals surface area contributed by atoms with E-state index in [0.29, 0.717) is 12.8 Å². The quantitative estimate of drug-likeness (QED) is 0.0261. The first-order valence-corrected chi connectivity index (χ1v) is 33.3. The lowest BCUT2D eigenvalue weighted by molar-refractivity contribution is -0.167. The summed E-state index contributed by atoms with van der Waals surface area (Å²) in [6.45, 7) is 6.26. The molecule has 1 atom stereocenters. The number of ether oxygens (including phenoxy) is 3. The zero-order chi connectivity index (χ0) is 59.9. The molecule has 0 bridgehead atoms. The number of esters is 3. The van der Waals surface area contributed by atoms with E-state index in [2.05, 4.69) is 203 Å². The molecular formula is C77H120O6. The van der Waals surface area contributed by atoms with Gasteiger partial charge in [0.1, 0.15) is 13.2 Å². The second-order valence-corrected chi connectivity index (χ2v) is 21.2. The van der Waals surface area contributed by atoms with Gasteiger partial charge in [0.15, 0.2) is 6.10 Å². The Balaban J connectivity index is 4.43. The van der Waals surface area contributed by atoms with Crippen LogP contribution in [-0.4, -0.2) is 37.2 Å². The van der Waals surface area contributed by atoms with Crippen molar-refractivity contribution in [3.8, 4) is 0 Å². The fraction of sp³-hybridized carbons (Fsp3) is 0.571. The van der Waals surface area contributed by atoms with Gasteiger partial charge in [-0.1, -0.05) is 274 Å². The maximum atomic E-state index is 12.9. The molecule has 6 heteroatoms. The highest BCUT2D eigenvalue weighted by molar-refractivity contribution is 5.71. The Hall–Kier alpha value is -5.49. The molecule has 0 aliphatic heterocycles. The molecule has 0 rings (SSSR count). The molecule has 0 spiro atoms. The molecule has 0 aliphatic carbocycles. The molecule has 83 heavy (non-hydrogen) atoms. The van der Waals surface area contributed by atoms with Gasteiger partial charge in [-0.2, -0.15) is 0 Å². The number of rotatable bonds is 58. The first kappa shape index (κ1) is 77.5. The van der Waals surface area contributed by atoms with E-state index in [9.17, 15) is 14.4 Å². The van der Waals surface area contributed by atoms with E-state index in [1.165, 1.54) is 38.5 Å². The van der Waals surface area contributed by atoms with Crippen molar-refractivity contribution in [2.45, 2.75) is 271 Å². The smallest absolute Gasteiger partial charge is 0.306 e. The van der Waals surface area contributed by atoms with Crippen molar-refractivity contribution in [1.29, 1.82) is 0 Å². The van der Waals surface area contributed by atoms with Crippen molar-refractivity contribution in [1.82, 2.24) is 0 Å². The number of hydrogen-bond acceptors (Lipinski definition) is 6. The van der Waals surface area contributed by atoms with Gasteiger partial charge in [0.25, 0.3) is 0 Å². The topological polar surface area (TPSA) is 78.9 Å². The van der Waals surface area contributed by atoms with E-state index >= 15 is 0 Å². The number of carbonyl (C=O) groups is 3. The minimum absolute atomic E-state index is 0.106. The van der Waals surface area contributed by atoms with Crippen LogP contribution >= 0.6 is 0 Å². The van der Waals surface area contributed by atoms with Crippen LogP contribution in [0.15, 0.2) is 182 Å². The lowest BCUT2D eigenvalue weighted by atomic mass is 10.1. The van der Waals surface area contributed by atoms with Crippen molar-refractivity contribution in [3.63, 3.8) is 0 Å². The van der Waals surface area contributed by atoms with E-state index in [1.54, 1.807) is 0 Å². The third kappa shape index (κ3) is 67.2. The molecule has 1 unspecified atom stereocenters. The lowest BCUT2D eigenvalue weighted by Gasteiger charge is -2.18. The molecule has 0 heterocycles. The highest BCUT2D eigenvalue weighted by Gasteiger charge is 2.19. The fourth-order valence-electron chi connectivity index (χ4n) is 8.52. The molecule has 0 amide bonds. The van der Waals surface area contributed by atoms with Crippen LogP contribution < -0.4 is 0 Å². The van der Waals surface area contributed by atoms with Crippen molar-refractivity contribution < 1.29 is 28.6 Å². The predicted molar refractivity (Wildman–Crippen MR) is 361 cm³/mol. The van der Waals surface area contributed by atoms with Crippen molar-refractivity contribution in [3.05, 3.63) is 182 Å². The van der Waals surface area contributed by atoms with Gasteiger partial charge in [-0.25, -0.2) is 0 Å². The first-order valence-electron chi connectivity index (χ1n) is 33.3. The summed E-state index contributed by atoms with van der Waals surface area (Å²) in [6, 6.07) is 0. The molecule has 0 saturated carbocycles. The van der Waals surface area contributed by atoms with Crippen LogP contribution in [0.5, 0.6) is 0 Å². The second-order valence-electron chi connectivity index (χ2n) is 21.2. The first-order chi connectivity index (χ1) is 41.0. The monoisotopic (exact) mass is 1140 g/mol. The van der Waals surface area contributed by atoms with Crippen LogP contribution in [0.25, 0.3) is 0 Å². The third-order valence-corrected chi connectivity index (χ3v) is 13.4. The van der Waals surface area contributed by atoms with Crippen LogP contribution in [0.1, 0.15) is 265 Å². The molecule has 0 N–H and O–H groups in total. The standard InChI is InChI=1S/C77H120O6/c1-4-7-10-13-16-19-22-25-28-31-32-33-34-35-36-37-38-39-40-41-42-43-44-47-49-52-55-58-61-64-67-70-76(79)82-73-74(83-77(80)71-68-65-62-59-56-53-50-46-30-27-24-21-18-15-12-9-6-3)72-81-75(78)69-66-63-60-57-54-51-48-45-29-26-23-20-17-14-11-8-5-2/h7-12,16-21,25-30,32-33,35-36,38-39,41-42,44,47,50,53,74H,4-6,13-15,22-24,31,34,37,40,43,45-46,48-49,51-52,54-73H2,1-3H3/b10-7-,11-8-,12-9-,19-16-,20-17-,21-18-,28-25-,29-26-,30-27-,33-32-,36-35-,39-38-,42-41-,47-44-,53-50-. The Morgan fingerprint density at radius 2 is 0.434 bits per heavy atom. The van der Waals surface area contributed by atoms with Gasteiger partial charge in [0.2, 0.25) is 0 Å². The molecule has 0 aromatic heterocycles. The van der Waals surface area contributed by atoms with Crippen LogP contribution in [0.4, 0.5) is 0 Å². The zero-order valence-corrected chi connectivity index (χ0v) is 53.1. The van der Waals surface area contributed by atoms with Gasteiger partial charge in [-0.05, 0) is 154 Å². The van der Waals surface area contributed by atoms with Gasteiger partial charge in [-0.15, -0.1) is 0 Å². The summed E-state index contributed by atoms with van der Waals surface area (Å²) in [5, 5.41) is 0. The highest BCUT2D eigenvalue weighted by Crippen LogP contribution is 2.14. The summed E-state index contributed by atoms with van der Waals surface area (Å²) in [5.74, 6) is -0.959. The molecule has 0 radical (unpaired) electrons. The highest BCUT2D eigenvalue weighted by atomic mass is 16.6. The van der Waals surface area contributed by atoms with Crippen LogP contribution in [0, 0.1) is 0 Å². The van der Waals surface area contributed by atoms with Gasteiger partial charge < -0.3 is 14.2 Å². The normalized spacial score (nSPS) is 13.3. The van der Waals surface area contributed by atoms with Crippen molar-refractivity contribution in [2.75, 3.05) is 13.2 Å². The van der Waals surface area contributed by atoms with E-state index in [1.807, 2.05) is 0 Å². The van der Waals surface area contributed by atoms with Gasteiger partial charge in [0, 0.05) is 19.3 Å². The van der Waals surface area contributed by atoms with E-state index in [-0.39, 0.29) is 37.5 Å². The van der Waals surface area contributed by atoms with Crippen molar-refractivity contribution >= 4 is 17.9 Å². The summed E-state index contributed by atoms with van der Waals surface area (Å²) >= 11 is 0.